The van der Waals surface area contributed by atoms with Gasteiger partial charge >= 0.3 is 0 Å². The molecule has 7 heteroatoms. The SMILES string of the molecule is CCNC(=NCCSCc1ccccc1F)NC1CC2CCC1O2.I. The lowest BCUT2D eigenvalue weighted by Gasteiger charge is -2.22. The van der Waals surface area contributed by atoms with Gasteiger partial charge in [0.1, 0.15) is 5.82 Å². The molecule has 2 heterocycles. The molecule has 4 nitrogen and oxygen atoms in total. The van der Waals surface area contributed by atoms with Crippen LogP contribution in [0.1, 0.15) is 31.7 Å². The number of nitrogens with one attached hydrogen (secondary N) is 2. The molecule has 0 saturated carbocycles. The summed E-state index contributed by atoms with van der Waals surface area (Å²) in [6.07, 6.45) is 4.21. The Morgan fingerprint density at radius 3 is 2.88 bits per heavy atom. The summed E-state index contributed by atoms with van der Waals surface area (Å²) in [7, 11) is 0. The Morgan fingerprint density at radius 1 is 1.36 bits per heavy atom. The zero-order valence-corrected chi connectivity index (χ0v) is 17.7. The number of nitrogens with zero attached hydrogens (tertiary/aromatic N) is 1. The van der Waals surface area contributed by atoms with Crippen molar-refractivity contribution in [2.45, 2.75) is 50.2 Å². The van der Waals surface area contributed by atoms with Gasteiger partial charge in [-0.3, -0.25) is 4.99 Å². The Kier molecular flexibility index (Phi) is 8.78. The number of aliphatic imine (C=N–C) groups is 1. The molecule has 1 aromatic carbocycles. The van der Waals surface area contributed by atoms with Crippen LogP contribution in [-0.4, -0.2) is 43.1 Å². The third-order valence-corrected chi connectivity index (χ3v) is 5.48. The molecule has 2 N–H and O–H groups in total. The van der Waals surface area contributed by atoms with Crippen molar-refractivity contribution in [1.82, 2.24) is 10.6 Å². The Hall–Kier alpha value is -0.540. The van der Waals surface area contributed by atoms with Crippen molar-refractivity contribution < 1.29 is 9.13 Å². The van der Waals surface area contributed by atoms with Gasteiger partial charge in [0.05, 0.1) is 24.8 Å². The topological polar surface area (TPSA) is 45.7 Å². The molecule has 3 atom stereocenters. The van der Waals surface area contributed by atoms with E-state index in [4.69, 9.17) is 4.74 Å². The summed E-state index contributed by atoms with van der Waals surface area (Å²) >= 11 is 1.71. The van der Waals surface area contributed by atoms with E-state index in [1.807, 2.05) is 12.1 Å². The highest BCUT2D eigenvalue weighted by Crippen LogP contribution is 2.34. The van der Waals surface area contributed by atoms with Crippen LogP contribution in [0.25, 0.3) is 0 Å². The maximum atomic E-state index is 13.6. The van der Waals surface area contributed by atoms with Gasteiger partial charge in [0, 0.05) is 18.1 Å². The summed E-state index contributed by atoms with van der Waals surface area (Å²) in [6, 6.07) is 7.33. The van der Waals surface area contributed by atoms with Gasteiger partial charge in [-0.25, -0.2) is 4.39 Å². The molecule has 0 amide bonds. The van der Waals surface area contributed by atoms with Crippen LogP contribution in [-0.2, 0) is 10.5 Å². The van der Waals surface area contributed by atoms with Gasteiger partial charge in [0.2, 0.25) is 0 Å². The summed E-state index contributed by atoms with van der Waals surface area (Å²) in [4.78, 5) is 4.64. The van der Waals surface area contributed by atoms with Gasteiger partial charge < -0.3 is 15.4 Å². The Bertz CT molecular complexity index is 575. The number of halogens is 2. The van der Waals surface area contributed by atoms with E-state index in [9.17, 15) is 4.39 Å². The van der Waals surface area contributed by atoms with E-state index in [1.165, 1.54) is 12.5 Å². The minimum atomic E-state index is -0.125. The van der Waals surface area contributed by atoms with Crippen LogP contribution in [0.3, 0.4) is 0 Å². The number of fused-ring (bicyclic) bond motifs is 2. The molecule has 2 saturated heterocycles. The van der Waals surface area contributed by atoms with Crippen LogP contribution in [0, 0.1) is 5.82 Å². The average Bonchev–Trinajstić information content (AvgIpc) is 3.19. The van der Waals surface area contributed by atoms with E-state index in [0.29, 0.717) is 24.0 Å². The Balaban J connectivity index is 0.00000225. The molecule has 2 bridgehead atoms. The molecular formula is C18H27FIN3OS. The molecule has 0 aromatic heterocycles. The lowest BCUT2D eigenvalue weighted by atomic mass is 9.96. The molecule has 1 aromatic rings. The summed E-state index contributed by atoms with van der Waals surface area (Å²) in [5.41, 5.74) is 0.760. The monoisotopic (exact) mass is 479 g/mol. The normalized spacial score (nSPS) is 24.9. The number of benzene rings is 1. The minimum absolute atomic E-state index is 0. The lowest BCUT2D eigenvalue weighted by molar-refractivity contribution is 0.0992. The zero-order chi connectivity index (χ0) is 16.8. The van der Waals surface area contributed by atoms with Crippen LogP contribution < -0.4 is 10.6 Å². The Morgan fingerprint density at radius 2 is 2.20 bits per heavy atom. The van der Waals surface area contributed by atoms with Gasteiger partial charge in [0.15, 0.2) is 5.96 Å². The highest BCUT2D eigenvalue weighted by Gasteiger charge is 2.41. The Labute approximate surface area is 170 Å². The predicted molar refractivity (Wildman–Crippen MR) is 113 cm³/mol. The van der Waals surface area contributed by atoms with E-state index >= 15 is 0 Å². The van der Waals surface area contributed by atoms with Crippen molar-refractivity contribution in [2.24, 2.45) is 4.99 Å². The third kappa shape index (κ3) is 5.99. The second-order valence-corrected chi connectivity index (χ2v) is 7.37. The first-order chi connectivity index (χ1) is 11.8. The third-order valence-electron chi connectivity index (χ3n) is 4.49. The zero-order valence-electron chi connectivity index (χ0n) is 14.5. The number of hydrogen-bond donors (Lipinski definition) is 2. The first-order valence-electron chi connectivity index (χ1n) is 8.77. The van der Waals surface area contributed by atoms with Crippen molar-refractivity contribution in [3.05, 3.63) is 35.6 Å². The molecule has 25 heavy (non-hydrogen) atoms. The van der Waals surface area contributed by atoms with E-state index < -0.39 is 0 Å². The van der Waals surface area contributed by atoms with Crippen molar-refractivity contribution in [3.8, 4) is 0 Å². The fourth-order valence-corrected chi connectivity index (χ4v) is 4.12. The molecule has 0 spiro atoms. The van der Waals surface area contributed by atoms with Crippen molar-refractivity contribution in [3.63, 3.8) is 0 Å². The minimum Gasteiger partial charge on any atom is -0.373 e. The van der Waals surface area contributed by atoms with Crippen LogP contribution >= 0.6 is 35.7 Å². The van der Waals surface area contributed by atoms with Gasteiger partial charge in [-0.2, -0.15) is 11.8 Å². The highest BCUT2D eigenvalue weighted by atomic mass is 127. The van der Waals surface area contributed by atoms with Gasteiger partial charge in [-0.15, -0.1) is 24.0 Å². The fourth-order valence-electron chi connectivity index (χ4n) is 3.30. The lowest BCUT2D eigenvalue weighted by Crippen LogP contribution is -2.47. The number of rotatable bonds is 7. The second kappa shape index (κ2) is 10.6. The van der Waals surface area contributed by atoms with E-state index in [2.05, 4.69) is 22.5 Å². The van der Waals surface area contributed by atoms with Crippen LogP contribution in [0.4, 0.5) is 4.39 Å². The summed E-state index contributed by atoms with van der Waals surface area (Å²) in [5.74, 6) is 2.30. The summed E-state index contributed by atoms with van der Waals surface area (Å²) in [5, 5.41) is 6.81. The maximum absolute atomic E-state index is 13.6. The largest absolute Gasteiger partial charge is 0.373 e. The quantitative estimate of drug-likeness (QED) is 0.272. The van der Waals surface area contributed by atoms with Gasteiger partial charge in [0.25, 0.3) is 0 Å². The number of ether oxygens (including phenoxy) is 1. The van der Waals surface area contributed by atoms with Crippen LogP contribution in [0.15, 0.2) is 29.3 Å². The van der Waals surface area contributed by atoms with E-state index in [0.717, 1.165) is 43.2 Å². The molecule has 0 aliphatic carbocycles. The average molecular weight is 479 g/mol. The summed E-state index contributed by atoms with van der Waals surface area (Å²) < 4.78 is 19.4. The highest BCUT2D eigenvalue weighted by molar-refractivity contribution is 14.0. The second-order valence-electron chi connectivity index (χ2n) is 6.27. The van der Waals surface area contributed by atoms with Crippen LogP contribution in [0.5, 0.6) is 0 Å². The number of thioether (sulfide) groups is 1. The first-order valence-corrected chi connectivity index (χ1v) is 9.93. The predicted octanol–water partition coefficient (Wildman–Crippen LogP) is 3.55. The first kappa shape index (κ1) is 20.8. The molecular weight excluding hydrogens is 452 g/mol. The van der Waals surface area contributed by atoms with Crippen molar-refractivity contribution >= 4 is 41.7 Å². The van der Waals surface area contributed by atoms with Gasteiger partial charge in [-0.05, 0) is 37.8 Å². The molecule has 3 rings (SSSR count). The molecule has 2 fully saturated rings. The maximum Gasteiger partial charge on any atom is 0.191 e. The standard InChI is InChI=1S/C18H26FN3OS.HI/c1-2-20-18(22-16-11-14-7-8-17(16)23-14)21-9-10-24-12-13-5-3-4-6-15(13)19;/h3-6,14,16-17H,2,7-12H2,1H3,(H2,20,21,22);1H. The molecule has 2 aliphatic rings. The number of guanidine groups is 1. The van der Waals surface area contributed by atoms with E-state index in [1.54, 1.807) is 17.8 Å². The van der Waals surface area contributed by atoms with E-state index in [-0.39, 0.29) is 29.8 Å². The summed E-state index contributed by atoms with van der Waals surface area (Å²) in [6.45, 7) is 3.63. The number of hydrogen-bond acceptors (Lipinski definition) is 3. The van der Waals surface area contributed by atoms with Crippen LogP contribution in [0.2, 0.25) is 0 Å². The van der Waals surface area contributed by atoms with Gasteiger partial charge in [-0.1, -0.05) is 18.2 Å². The molecule has 0 radical (unpaired) electrons. The molecule has 3 unspecified atom stereocenters. The fraction of sp³-hybridized carbons (Fsp3) is 0.611. The van der Waals surface area contributed by atoms with Crippen molar-refractivity contribution in [1.29, 1.82) is 0 Å². The molecule has 2 aliphatic heterocycles. The molecule has 140 valence electrons. The van der Waals surface area contributed by atoms with Crippen molar-refractivity contribution in [2.75, 3.05) is 18.8 Å². The smallest absolute Gasteiger partial charge is 0.191 e.